The van der Waals surface area contributed by atoms with Crippen LogP contribution in [0.1, 0.15) is 11.1 Å². The number of aromatic nitrogens is 3. The lowest BCUT2D eigenvalue weighted by atomic mass is 10.2. The van der Waals surface area contributed by atoms with Gasteiger partial charge in [-0.15, -0.1) is 0 Å². The molecule has 2 aromatic carbocycles. The molecule has 3 rings (SSSR count). The van der Waals surface area contributed by atoms with Crippen LogP contribution in [0, 0.1) is 10.1 Å². The molecule has 15 heteroatoms. The summed E-state index contributed by atoms with van der Waals surface area (Å²) in [6.07, 6.45) is -3.32. The summed E-state index contributed by atoms with van der Waals surface area (Å²) in [5, 5.41) is 20.3. The van der Waals surface area contributed by atoms with Gasteiger partial charge in [-0.3, -0.25) is 10.1 Å². The molecule has 0 radical (unpaired) electrons. The minimum Gasteiger partial charge on any atom is -0.357 e. The van der Waals surface area contributed by atoms with E-state index in [0.29, 0.717) is 0 Å². The highest BCUT2D eigenvalue weighted by atomic mass is 35.5. The molecule has 0 amide bonds. The lowest BCUT2D eigenvalue weighted by molar-refractivity contribution is -0.384. The monoisotopic (exact) mass is 500 g/mol. The van der Waals surface area contributed by atoms with Crippen molar-refractivity contribution >= 4 is 58.6 Å². The van der Waals surface area contributed by atoms with Gasteiger partial charge in [-0.05, 0) is 24.3 Å². The molecule has 0 spiro atoms. The van der Waals surface area contributed by atoms with E-state index in [-0.39, 0.29) is 44.8 Å². The topological polar surface area (TPSA) is 130 Å². The first kappa shape index (κ1) is 23.9. The number of halogens is 5. The van der Waals surface area contributed by atoms with E-state index in [4.69, 9.17) is 23.2 Å². The highest BCUT2D eigenvalue weighted by molar-refractivity contribution is 6.37. The van der Waals surface area contributed by atoms with Crippen LogP contribution in [0.4, 0.5) is 42.4 Å². The maximum atomic E-state index is 12.9. The van der Waals surface area contributed by atoms with Crippen LogP contribution in [0.3, 0.4) is 0 Å². The molecular weight excluding hydrogens is 488 g/mol. The lowest BCUT2D eigenvalue weighted by Gasteiger charge is -2.11. The molecular formula is C18H13Cl2F3N8O2. The number of rotatable bonds is 7. The van der Waals surface area contributed by atoms with Gasteiger partial charge in [-0.1, -0.05) is 29.3 Å². The van der Waals surface area contributed by atoms with Crippen LogP contribution in [0.2, 0.25) is 10.0 Å². The molecule has 1 aromatic heterocycles. The van der Waals surface area contributed by atoms with E-state index < -0.39 is 16.7 Å². The van der Waals surface area contributed by atoms with Gasteiger partial charge in [0.25, 0.3) is 5.69 Å². The van der Waals surface area contributed by atoms with Crippen molar-refractivity contribution in [3.63, 3.8) is 0 Å². The number of hydrogen-bond donors (Lipinski definition) is 3. The van der Waals surface area contributed by atoms with Crippen LogP contribution in [0.25, 0.3) is 0 Å². The summed E-state index contributed by atoms with van der Waals surface area (Å²) in [7, 11) is 1.53. The maximum absolute atomic E-state index is 12.9. The van der Waals surface area contributed by atoms with E-state index in [9.17, 15) is 23.3 Å². The summed E-state index contributed by atoms with van der Waals surface area (Å²) in [5.74, 6) is -0.0384. The van der Waals surface area contributed by atoms with Gasteiger partial charge in [0.15, 0.2) is 0 Å². The number of nitrogens with one attached hydrogen (secondary N) is 3. The predicted octanol–water partition coefficient (Wildman–Crippen LogP) is 5.34. The van der Waals surface area contributed by atoms with Crippen molar-refractivity contribution < 1.29 is 18.1 Å². The van der Waals surface area contributed by atoms with E-state index in [1.165, 1.54) is 31.5 Å². The van der Waals surface area contributed by atoms with Gasteiger partial charge in [0.05, 0.1) is 21.7 Å². The number of hydrogen-bond acceptors (Lipinski definition) is 9. The Kier molecular flexibility index (Phi) is 7.13. The zero-order valence-corrected chi connectivity index (χ0v) is 18.0. The van der Waals surface area contributed by atoms with Crippen molar-refractivity contribution in [3.05, 3.63) is 67.7 Å². The van der Waals surface area contributed by atoms with Gasteiger partial charge >= 0.3 is 6.18 Å². The molecule has 0 aliphatic heterocycles. The van der Waals surface area contributed by atoms with Crippen LogP contribution in [-0.2, 0) is 6.18 Å². The fourth-order valence-electron chi connectivity index (χ4n) is 2.45. The standard InChI is InChI=1S/C18H13Cl2F3N8O2/c1-24-15-27-16(26-11-4-2-3-10(6-11)18(21,22)23)29-17(28-15)30-25-8-9-5-14(31(32)33)13(20)7-12(9)19/h2-8H,1H3,(H3,24,26,27,28,29,30)/b25-8+. The summed E-state index contributed by atoms with van der Waals surface area (Å²) in [4.78, 5) is 22.5. The SMILES string of the molecule is CNc1nc(N/N=C/c2cc([N+](=O)[O-])c(Cl)cc2Cl)nc(Nc2cccc(C(F)(F)F)c2)n1. The molecule has 3 N–H and O–H groups in total. The van der Waals surface area contributed by atoms with Crippen LogP contribution in [0.15, 0.2) is 41.5 Å². The summed E-state index contributed by atoms with van der Waals surface area (Å²) in [5.41, 5.74) is 1.62. The number of nitro benzene ring substituents is 1. The number of benzene rings is 2. The minimum atomic E-state index is -4.51. The Hall–Kier alpha value is -3.71. The van der Waals surface area contributed by atoms with E-state index in [0.717, 1.165) is 18.2 Å². The molecule has 33 heavy (non-hydrogen) atoms. The molecule has 3 aromatic rings. The summed E-state index contributed by atoms with van der Waals surface area (Å²) in [6, 6.07) is 6.85. The normalized spacial score (nSPS) is 11.5. The third-order valence-electron chi connectivity index (χ3n) is 3.94. The largest absolute Gasteiger partial charge is 0.416 e. The zero-order chi connectivity index (χ0) is 24.2. The second-order valence-corrected chi connectivity index (χ2v) is 7.03. The van der Waals surface area contributed by atoms with E-state index in [2.05, 4.69) is 36.1 Å². The zero-order valence-electron chi connectivity index (χ0n) is 16.5. The Balaban J connectivity index is 1.82. The van der Waals surface area contributed by atoms with E-state index >= 15 is 0 Å². The molecule has 0 saturated heterocycles. The van der Waals surface area contributed by atoms with Crippen LogP contribution >= 0.6 is 23.2 Å². The number of hydrazone groups is 1. The van der Waals surface area contributed by atoms with Gasteiger partial charge < -0.3 is 10.6 Å². The van der Waals surface area contributed by atoms with Gasteiger partial charge in [-0.25, -0.2) is 5.43 Å². The van der Waals surface area contributed by atoms with E-state index in [1.807, 2.05) is 0 Å². The first-order chi connectivity index (χ1) is 15.6. The summed E-state index contributed by atoms with van der Waals surface area (Å²) < 4.78 is 38.8. The second kappa shape index (κ2) is 9.83. The Morgan fingerprint density at radius 1 is 1.06 bits per heavy atom. The minimum absolute atomic E-state index is 0.0634. The van der Waals surface area contributed by atoms with Gasteiger partial charge in [0.2, 0.25) is 17.8 Å². The molecule has 10 nitrogen and oxygen atoms in total. The van der Waals surface area contributed by atoms with Crippen molar-refractivity contribution in [1.29, 1.82) is 0 Å². The van der Waals surface area contributed by atoms with Gasteiger partial charge in [0.1, 0.15) is 5.02 Å². The average molecular weight is 501 g/mol. The molecule has 172 valence electrons. The maximum Gasteiger partial charge on any atom is 0.416 e. The fourth-order valence-corrected chi connectivity index (χ4v) is 2.95. The molecule has 0 fully saturated rings. The second-order valence-electron chi connectivity index (χ2n) is 6.21. The number of anilines is 4. The van der Waals surface area contributed by atoms with Crippen molar-refractivity contribution in [1.82, 2.24) is 15.0 Å². The quantitative estimate of drug-likeness (QED) is 0.225. The fraction of sp³-hybridized carbons (Fsp3) is 0.111. The van der Waals surface area contributed by atoms with Crippen molar-refractivity contribution in [2.45, 2.75) is 6.18 Å². The molecule has 0 aliphatic rings. The van der Waals surface area contributed by atoms with Crippen LogP contribution in [-0.4, -0.2) is 33.1 Å². The Morgan fingerprint density at radius 2 is 1.76 bits per heavy atom. The van der Waals surface area contributed by atoms with Gasteiger partial charge in [0, 0.05) is 24.4 Å². The first-order valence-corrected chi connectivity index (χ1v) is 9.63. The Morgan fingerprint density at radius 3 is 2.42 bits per heavy atom. The highest BCUT2D eigenvalue weighted by Crippen LogP contribution is 2.31. The lowest BCUT2D eigenvalue weighted by Crippen LogP contribution is -2.08. The molecule has 0 unspecified atom stereocenters. The van der Waals surface area contributed by atoms with Crippen molar-refractivity contribution in [3.8, 4) is 0 Å². The highest BCUT2D eigenvalue weighted by Gasteiger charge is 2.30. The molecule has 0 atom stereocenters. The Bertz CT molecular complexity index is 1220. The van der Waals surface area contributed by atoms with Crippen molar-refractivity contribution in [2.75, 3.05) is 23.1 Å². The molecule has 0 aliphatic carbocycles. The number of nitrogens with zero attached hydrogens (tertiary/aromatic N) is 5. The average Bonchev–Trinajstić information content (AvgIpc) is 2.74. The van der Waals surface area contributed by atoms with Crippen LogP contribution < -0.4 is 16.1 Å². The molecule has 0 bridgehead atoms. The Labute approximate surface area is 194 Å². The predicted molar refractivity (Wildman–Crippen MR) is 118 cm³/mol. The summed E-state index contributed by atoms with van der Waals surface area (Å²) >= 11 is 11.8. The first-order valence-electron chi connectivity index (χ1n) is 8.87. The van der Waals surface area contributed by atoms with Crippen molar-refractivity contribution in [2.24, 2.45) is 5.10 Å². The number of nitro groups is 1. The summed E-state index contributed by atoms with van der Waals surface area (Å²) in [6.45, 7) is 0. The van der Waals surface area contributed by atoms with Gasteiger partial charge in [-0.2, -0.15) is 33.2 Å². The van der Waals surface area contributed by atoms with Crippen LogP contribution in [0.5, 0.6) is 0 Å². The smallest absolute Gasteiger partial charge is 0.357 e. The third kappa shape index (κ3) is 6.17. The van der Waals surface area contributed by atoms with E-state index in [1.54, 1.807) is 0 Å². The number of alkyl halides is 3. The molecule has 0 saturated carbocycles. The third-order valence-corrected chi connectivity index (χ3v) is 4.57. The molecule has 1 heterocycles.